The standard InChI is InChI=1S/C13H15FN2O/c1-3-12-16-13(8(2)17-12)9-4-5-11(14)10(6-9)7-15/h4-6H,3,7,15H2,1-2H3. The molecule has 90 valence electrons. The maximum atomic E-state index is 13.3. The maximum absolute atomic E-state index is 13.3. The normalized spacial score (nSPS) is 10.8. The Balaban J connectivity index is 2.48. The summed E-state index contributed by atoms with van der Waals surface area (Å²) in [5.74, 6) is 1.15. The average molecular weight is 234 g/mol. The van der Waals surface area contributed by atoms with Gasteiger partial charge in [-0.1, -0.05) is 6.92 Å². The molecule has 0 aliphatic heterocycles. The SMILES string of the molecule is CCc1nc(-c2ccc(F)c(CN)c2)c(C)o1. The highest BCUT2D eigenvalue weighted by atomic mass is 19.1. The smallest absolute Gasteiger partial charge is 0.194 e. The van der Waals surface area contributed by atoms with Gasteiger partial charge < -0.3 is 10.2 Å². The highest BCUT2D eigenvalue weighted by molar-refractivity contribution is 5.62. The summed E-state index contributed by atoms with van der Waals surface area (Å²) >= 11 is 0. The number of aromatic nitrogens is 1. The van der Waals surface area contributed by atoms with Crippen LogP contribution in [0.5, 0.6) is 0 Å². The highest BCUT2D eigenvalue weighted by Crippen LogP contribution is 2.25. The number of halogens is 1. The van der Waals surface area contributed by atoms with Gasteiger partial charge in [0.1, 0.15) is 17.3 Å². The van der Waals surface area contributed by atoms with Crippen molar-refractivity contribution in [2.24, 2.45) is 5.73 Å². The number of nitrogens with two attached hydrogens (primary N) is 1. The van der Waals surface area contributed by atoms with Gasteiger partial charge in [-0.05, 0) is 25.1 Å². The number of oxazole rings is 1. The lowest BCUT2D eigenvalue weighted by molar-refractivity contribution is 0.477. The van der Waals surface area contributed by atoms with Gasteiger partial charge in [0.05, 0.1) is 0 Å². The Labute approximate surface area is 99.5 Å². The van der Waals surface area contributed by atoms with Crippen LogP contribution >= 0.6 is 0 Å². The summed E-state index contributed by atoms with van der Waals surface area (Å²) in [6, 6.07) is 4.83. The molecule has 0 atom stereocenters. The van der Waals surface area contributed by atoms with Crippen LogP contribution < -0.4 is 5.73 Å². The van der Waals surface area contributed by atoms with Crippen molar-refractivity contribution in [1.29, 1.82) is 0 Å². The largest absolute Gasteiger partial charge is 0.445 e. The molecule has 17 heavy (non-hydrogen) atoms. The molecule has 1 aromatic carbocycles. The van der Waals surface area contributed by atoms with Gasteiger partial charge in [-0.3, -0.25) is 0 Å². The van der Waals surface area contributed by atoms with E-state index in [9.17, 15) is 4.39 Å². The third kappa shape index (κ3) is 2.22. The molecule has 0 unspecified atom stereocenters. The predicted octanol–water partition coefficient (Wildman–Crippen LogP) is 2.81. The quantitative estimate of drug-likeness (QED) is 0.888. The third-order valence-electron chi connectivity index (χ3n) is 2.68. The molecule has 0 radical (unpaired) electrons. The van der Waals surface area contributed by atoms with Crippen LogP contribution in [0, 0.1) is 12.7 Å². The molecule has 0 spiro atoms. The van der Waals surface area contributed by atoms with Crippen LogP contribution in [-0.2, 0) is 13.0 Å². The first kappa shape index (κ1) is 11.8. The van der Waals surface area contributed by atoms with E-state index in [0.717, 1.165) is 23.4 Å². The number of rotatable bonds is 3. The first-order valence-corrected chi connectivity index (χ1v) is 5.60. The number of aryl methyl sites for hydroxylation is 2. The van der Waals surface area contributed by atoms with Gasteiger partial charge in [0.15, 0.2) is 5.89 Å². The minimum absolute atomic E-state index is 0.178. The molecule has 2 rings (SSSR count). The third-order valence-corrected chi connectivity index (χ3v) is 2.68. The fourth-order valence-electron chi connectivity index (χ4n) is 1.75. The Morgan fingerprint density at radius 3 is 2.76 bits per heavy atom. The van der Waals surface area contributed by atoms with Crippen molar-refractivity contribution in [3.8, 4) is 11.3 Å². The van der Waals surface area contributed by atoms with Crippen LogP contribution in [0.15, 0.2) is 22.6 Å². The van der Waals surface area contributed by atoms with E-state index in [1.54, 1.807) is 12.1 Å². The molecule has 1 heterocycles. The first-order valence-electron chi connectivity index (χ1n) is 5.60. The molecular weight excluding hydrogens is 219 g/mol. The Kier molecular flexibility index (Phi) is 3.24. The molecule has 0 aliphatic rings. The molecule has 2 N–H and O–H groups in total. The van der Waals surface area contributed by atoms with Gasteiger partial charge in [-0.15, -0.1) is 0 Å². The molecule has 2 aromatic rings. The van der Waals surface area contributed by atoms with E-state index >= 15 is 0 Å². The van der Waals surface area contributed by atoms with Crippen LogP contribution in [0.1, 0.15) is 24.1 Å². The molecule has 0 saturated carbocycles. The molecule has 0 aliphatic carbocycles. The number of hydrogen-bond acceptors (Lipinski definition) is 3. The molecule has 0 amide bonds. The Morgan fingerprint density at radius 2 is 2.18 bits per heavy atom. The fourth-order valence-corrected chi connectivity index (χ4v) is 1.75. The van der Waals surface area contributed by atoms with E-state index < -0.39 is 0 Å². The lowest BCUT2D eigenvalue weighted by Crippen LogP contribution is -2.00. The van der Waals surface area contributed by atoms with Gasteiger partial charge in [0.2, 0.25) is 0 Å². The van der Waals surface area contributed by atoms with E-state index in [-0.39, 0.29) is 12.4 Å². The van der Waals surface area contributed by atoms with Crippen molar-refractivity contribution < 1.29 is 8.81 Å². The van der Waals surface area contributed by atoms with Crippen molar-refractivity contribution in [1.82, 2.24) is 4.98 Å². The van der Waals surface area contributed by atoms with Crippen molar-refractivity contribution >= 4 is 0 Å². The number of benzene rings is 1. The van der Waals surface area contributed by atoms with Crippen molar-refractivity contribution in [2.75, 3.05) is 0 Å². The van der Waals surface area contributed by atoms with Crippen molar-refractivity contribution in [3.05, 3.63) is 41.2 Å². The van der Waals surface area contributed by atoms with Crippen LogP contribution in [-0.4, -0.2) is 4.98 Å². The number of hydrogen-bond donors (Lipinski definition) is 1. The van der Waals surface area contributed by atoms with Gasteiger partial charge in [-0.25, -0.2) is 9.37 Å². The molecule has 0 saturated heterocycles. The predicted molar refractivity (Wildman–Crippen MR) is 63.9 cm³/mol. The summed E-state index contributed by atoms with van der Waals surface area (Å²) in [5, 5.41) is 0. The molecule has 1 aromatic heterocycles. The zero-order chi connectivity index (χ0) is 12.4. The number of nitrogens with zero attached hydrogens (tertiary/aromatic N) is 1. The summed E-state index contributed by atoms with van der Waals surface area (Å²) < 4.78 is 18.8. The van der Waals surface area contributed by atoms with Gasteiger partial charge in [0.25, 0.3) is 0 Å². The first-order chi connectivity index (χ1) is 8.15. The Bertz CT molecular complexity index is 534. The topological polar surface area (TPSA) is 52.0 Å². The second kappa shape index (κ2) is 4.67. The molecule has 4 heteroatoms. The fraction of sp³-hybridized carbons (Fsp3) is 0.308. The highest BCUT2D eigenvalue weighted by Gasteiger charge is 2.12. The Hall–Kier alpha value is -1.68. The van der Waals surface area contributed by atoms with Crippen LogP contribution in [0.3, 0.4) is 0 Å². The van der Waals surface area contributed by atoms with Crippen molar-refractivity contribution in [3.63, 3.8) is 0 Å². The minimum atomic E-state index is -0.284. The summed E-state index contributed by atoms with van der Waals surface area (Å²) in [6.45, 7) is 4.01. The van der Waals surface area contributed by atoms with E-state index in [1.807, 2.05) is 13.8 Å². The summed E-state index contributed by atoms with van der Waals surface area (Å²) in [5.41, 5.74) is 7.57. The van der Waals surface area contributed by atoms with E-state index in [0.29, 0.717) is 11.5 Å². The lowest BCUT2D eigenvalue weighted by atomic mass is 10.1. The second-order valence-corrected chi connectivity index (χ2v) is 3.88. The lowest BCUT2D eigenvalue weighted by Gasteiger charge is -2.02. The van der Waals surface area contributed by atoms with Gasteiger partial charge in [-0.2, -0.15) is 0 Å². The molecule has 3 nitrogen and oxygen atoms in total. The van der Waals surface area contributed by atoms with E-state index in [2.05, 4.69) is 4.98 Å². The zero-order valence-electron chi connectivity index (χ0n) is 9.96. The average Bonchev–Trinajstić information content (AvgIpc) is 2.71. The molecule has 0 fully saturated rings. The summed E-state index contributed by atoms with van der Waals surface area (Å²) in [6.07, 6.45) is 0.742. The van der Waals surface area contributed by atoms with Crippen LogP contribution in [0.25, 0.3) is 11.3 Å². The van der Waals surface area contributed by atoms with Gasteiger partial charge >= 0.3 is 0 Å². The van der Waals surface area contributed by atoms with Crippen LogP contribution in [0.4, 0.5) is 4.39 Å². The van der Waals surface area contributed by atoms with Crippen LogP contribution in [0.2, 0.25) is 0 Å². The Morgan fingerprint density at radius 1 is 1.41 bits per heavy atom. The zero-order valence-corrected chi connectivity index (χ0v) is 9.96. The van der Waals surface area contributed by atoms with E-state index in [4.69, 9.17) is 10.2 Å². The molecule has 0 bridgehead atoms. The summed E-state index contributed by atoms with van der Waals surface area (Å²) in [7, 11) is 0. The second-order valence-electron chi connectivity index (χ2n) is 3.88. The van der Waals surface area contributed by atoms with E-state index in [1.165, 1.54) is 6.07 Å². The maximum Gasteiger partial charge on any atom is 0.194 e. The minimum Gasteiger partial charge on any atom is -0.445 e. The molecular formula is C13H15FN2O. The summed E-state index contributed by atoms with van der Waals surface area (Å²) in [4.78, 5) is 4.37. The van der Waals surface area contributed by atoms with Gasteiger partial charge in [0, 0.05) is 24.1 Å². The van der Waals surface area contributed by atoms with Crippen molar-refractivity contribution in [2.45, 2.75) is 26.8 Å². The monoisotopic (exact) mass is 234 g/mol.